The number of hydrogen-bond donors (Lipinski definition) is 1. The molecule has 0 aromatic heterocycles. The summed E-state index contributed by atoms with van der Waals surface area (Å²) < 4.78 is 0. The van der Waals surface area contributed by atoms with Crippen molar-refractivity contribution in [3.63, 3.8) is 0 Å². The molecule has 9 heavy (non-hydrogen) atoms. The van der Waals surface area contributed by atoms with Crippen LogP contribution in [0.2, 0.25) is 0 Å². The Hall–Kier alpha value is 0.0266. The number of quaternary nitrogens is 1. The molecule has 0 rings (SSSR count). The van der Waals surface area contributed by atoms with Gasteiger partial charge in [-0.15, -0.1) is 0 Å². The zero-order valence-electron chi connectivity index (χ0n) is 5.12. The molecule has 6 nitrogen and oxygen atoms in total. The Labute approximate surface area is 85.9 Å². The summed E-state index contributed by atoms with van der Waals surface area (Å²) in [4.78, 5) is 8.25. The summed E-state index contributed by atoms with van der Waals surface area (Å²) in [5, 5.41) is 22.1. The van der Waals surface area contributed by atoms with Crippen LogP contribution >= 0.6 is 0 Å². The molecule has 0 aliphatic carbocycles. The van der Waals surface area contributed by atoms with Gasteiger partial charge in [0, 0.05) is 48.7 Å². The molecule has 0 aromatic rings. The molecule has 0 aliphatic heterocycles. The first kappa shape index (κ1) is 23.0. The van der Waals surface area contributed by atoms with Crippen molar-refractivity contribution >= 4 is 0 Å². The van der Waals surface area contributed by atoms with Crippen molar-refractivity contribution in [1.82, 2.24) is 6.15 Å². The van der Waals surface area contributed by atoms with E-state index in [9.17, 15) is 0 Å². The molecule has 0 saturated heterocycles. The van der Waals surface area contributed by atoms with Crippen LogP contribution in [0.4, 0.5) is 0 Å². The van der Waals surface area contributed by atoms with E-state index in [4.69, 9.17) is 20.6 Å². The molecular weight excluding hydrogens is 254 g/mol. The summed E-state index contributed by atoms with van der Waals surface area (Å²) in [6.07, 6.45) is 0. The molecule has 0 radical (unpaired) electrons. The zero-order valence-corrected chi connectivity index (χ0v) is 8.26. The predicted octanol–water partition coefficient (Wildman–Crippen LogP) is 0.667. The van der Waals surface area contributed by atoms with Gasteiger partial charge in [-0.2, -0.15) is 5.26 Å². The summed E-state index contributed by atoms with van der Waals surface area (Å²) in [7, 11) is 0. The normalized spacial score (nSPS) is 3.56. The van der Waals surface area contributed by atoms with E-state index in [1.807, 2.05) is 0 Å². The van der Waals surface area contributed by atoms with E-state index in [-0.39, 0.29) is 47.9 Å². The zero-order chi connectivity index (χ0) is 6.28. The fourth-order valence-electron chi connectivity index (χ4n) is 0. The van der Waals surface area contributed by atoms with Crippen molar-refractivity contribution in [3.8, 4) is 6.07 Å². The fourth-order valence-corrected chi connectivity index (χ4v) is 0. The molecule has 52 valence electrons. The standard InChI is InChI=1S/C2H3N.Ce.NO3.H3N/c1-2-3;;2-1(3)4;/h1H3;;;1H3/q;;-1;/p+1. The number of rotatable bonds is 0. The van der Waals surface area contributed by atoms with Gasteiger partial charge in [0.15, 0.2) is 0 Å². The maximum atomic E-state index is 8.25. The number of nitriles is 1. The SMILES string of the molecule is CC#N.O=[N+]([O-])[O-].[Ce].[NH4+]. The van der Waals surface area contributed by atoms with Gasteiger partial charge < -0.3 is 21.5 Å². The van der Waals surface area contributed by atoms with E-state index in [1.54, 1.807) is 6.07 Å². The summed E-state index contributed by atoms with van der Waals surface area (Å²) >= 11 is 0. The van der Waals surface area contributed by atoms with Crippen LogP contribution in [-0.2, 0) is 0 Å². The summed E-state index contributed by atoms with van der Waals surface area (Å²) in [5.74, 6) is 0. The summed E-state index contributed by atoms with van der Waals surface area (Å²) in [6.45, 7) is 1.43. The average molecular weight is 261 g/mol. The van der Waals surface area contributed by atoms with Crippen LogP contribution in [0.3, 0.4) is 0 Å². The minimum atomic E-state index is -1.75. The van der Waals surface area contributed by atoms with Crippen molar-refractivity contribution in [2.24, 2.45) is 0 Å². The molecule has 7 heteroatoms. The van der Waals surface area contributed by atoms with E-state index < -0.39 is 5.09 Å². The molecule has 0 bridgehead atoms. The van der Waals surface area contributed by atoms with Gasteiger partial charge in [-0.3, -0.25) is 0 Å². The molecule has 0 atom stereocenters. The van der Waals surface area contributed by atoms with Crippen LogP contribution in [0.15, 0.2) is 0 Å². The van der Waals surface area contributed by atoms with Crippen molar-refractivity contribution in [2.75, 3.05) is 0 Å². The second-order valence-corrected chi connectivity index (χ2v) is 0.447. The molecule has 0 spiro atoms. The van der Waals surface area contributed by atoms with Gasteiger partial charge in [0.25, 0.3) is 0 Å². The minimum absolute atomic E-state index is 0. The Kier molecular flexibility index (Phi) is 62.5. The largest absolute Gasteiger partial charge is 0.369 e. The van der Waals surface area contributed by atoms with E-state index in [2.05, 4.69) is 0 Å². The van der Waals surface area contributed by atoms with Crippen molar-refractivity contribution in [2.45, 2.75) is 6.92 Å². The monoisotopic (exact) mass is 261 g/mol. The van der Waals surface area contributed by atoms with Gasteiger partial charge >= 0.3 is 0 Å². The molecule has 4 N–H and O–H groups in total. The van der Waals surface area contributed by atoms with Crippen LogP contribution in [0.5, 0.6) is 0 Å². The Morgan fingerprint density at radius 2 is 1.56 bits per heavy atom. The second kappa shape index (κ2) is 24.4. The molecule has 0 fully saturated rings. The van der Waals surface area contributed by atoms with Gasteiger partial charge in [-0.1, -0.05) is 0 Å². The van der Waals surface area contributed by atoms with Gasteiger partial charge in [0.05, 0.1) is 11.2 Å². The third-order valence-corrected chi connectivity index (χ3v) is 0. The molecule has 0 aromatic carbocycles. The second-order valence-electron chi connectivity index (χ2n) is 0.447. The Morgan fingerprint density at radius 1 is 1.56 bits per heavy atom. The number of hydrogen-bond acceptors (Lipinski definition) is 4. The van der Waals surface area contributed by atoms with Gasteiger partial charge in [0.2, 0.25) is 0 Å². The maximum absolute atomic E-state index is 8.25. The molecule has 0 heterocycles. The molecule has 0 aliphatic rings. The van der Waals surface area contributed by atoms with Gasteiger partial charge in [-0.25, -0.2) is 0 Å². The van der Waals surface area contributed by atoms with Crippen LogP contribution < -0.4 is 6.15 Å². The average Bonchev–Trinajstić information content (AvgIpc) is 1.33. The smallest absolute Gasteiger partial charge is 0.0689 e. The Balaban J connectivity index is -0.0000000233. The van der Waals surface area contributed by atoms with Crippen molar-refractivity contribution < 1.29 is 46.8 Å². The van der Waals surface area contributed by atoms with Crippen LogP contribution in [0, 0.1) is 68.4 Å². The molecule has 0 saturated carbocycles. The van der Waals surface area contributed by atoms with Crippen LogP contribution in [0.25, 0.3) is 0 Å². The number of nitrogens with zero attached hydrogens (tertiary/aromatic N) is 2. The quantitative estimate of drug-likeness (QED) is 0.507. The Morgan fingerprint density at radius 3 is 1.56 bits per heavy atom. The third-order valence-electron chi connectivity index (χ3n) is 0. The third kappa shape index (κ3) is 411000. The molecular formula is C2H7CeN3O3. The summed E-state index contributed by atoms with van der Waals surface area (Å²) in [5.41, 5.74) is 0. The Bertz CT molecular complexity index is 85.5. The van der Waals surface area contributed by atoms with E-state index >= 15 is 0 Å². The fraction of sp³-hybridized carbons (Fsp3) is 0.500. The first-order valence-corrected chi connectivity index (χ1v) is 1.27. The van der Waals surface area contributed by atoms with Crippen LogP contribution in [-0.4, -0.2) is 5.09 Å². The van der Waals surface area contributed by atoms with Gasteiger partial charge in [-0.05, 0) is 0 Å². The van der Waals surface area contributed by atoms with Gasteiger partial charge in [0.1, 0.15) is 0 Å². The molecule has 0 amide bonds. The van der Waals surface area contributed by atoms with E-state index in [0.717, 1.165) is 0 Å². The van der Waals surface area contributed by atoms with Crippen molar-refractivity contribution in [3.05, 3.63) is 15.3 Å². The summed E-state index contributed by atoms with van der Waals surface area (Å²) in [6, 6.07) is 1.75. The van der Waals surface area contributed by atoms with E-state index in [0.29, 0.717) is 0 Å². The predicted molar refractivity (Wildman–Crippen MR) is 27.6 cm³/mol. The first-order chi connectivity index (χ1) is 3.15. The first-order valence-electron chi connectivity index (χ1n) is 1.27. The minimum Gasteiger partial charge on any atom is -0.369 e. The van der Waals surface area contributed by atoms with E-state index in [1.165, 1.54) is 6.92 Å². The maximum Gasteiger partial charge on any atom is 0.0689 e. The molecule has 0 unspecified atom stereocenters. The topological polar surface area (TPSA) is 126 Å². The van der Waals surface area contributed by atoms with Crippen LogP contribution in [0.1, 0.15) is 6.92 Å². The van der Waals surface area contributed by atoms with Crippen molar-refractivity contribution in [1.29, 1.82) is 5.26 Å².